The van der Waals surface area contributed by atoms with Gasteiger partial charge in [-0.25, -0.2) is 0 Å². The largest absolute Gasteiger partial charge is 0.295 e. The normalized spacial score (nSPS) is 23.2. The summed E-state index contributed by atoms with van der Waals surface area (Å²) in [5.41, 5.74) is 0. The van der Waals surface area contributed by atoms with Gasteiger partial charge in [-0.3, -0.25) is 14.9 Å². The summed E-state index contributed by atoms with van der Waals surface area (Å²) >= 11 is 3.18. The zero-order valence-electron chi connectivity index (χ0n) is 7.80. The molecule has 0 spiro atoms. The number of thiophene rings is 1. The summed E-state index contributed by atoms with van der Waals surface area (Å²) in [7, 11) is 0. The Morgan fingerprint density at radius 2 is 2.47 bits per heavy atom. The Kier molecular flexibility index (Phi) is 3.35. The van der Waals surface area contributed by atoms with Crippen LogP contribution >= 0.6 is 23.1 Å². The van der Waals surface area contributed by atoms with E-state index in [1.165, 1.54) is 0 Å². The SMILES string of the molecule is O=CC(=O)C1NCSC1=Cc1cccs1. The smallest absolute Gasteiger partial charge is 0.217 e. The van der Waals surface area contributed by atoms with Gasteiger partial charge in [0.2, 0.25) is 5.78 Å². The molecule has 0 bridgehead atoms. The van der Waals surface area contributed by atoms with E-state index in [4.69, 9.17) is 0 Å². The summed E-state index contributed by atoms with van der Waals surface area (Å²) in [6.45, 7) is 0. The van der Waals surface area contributed by atoms with E-state index in [0.717, 1.165) is 9.78 Å². The van der Waals surface area contributed by atoms with Crippen LogP contribution in [0.4, 0.5) is 0 Å². The number of hydrogen-bond donors (Lipinski definition) is 1. The van der Waals surface area contributed by atoms with E-state index in [1.807, 2.05) is 23.6 Å². The number of ketones is 1. The minimum atomic E-state index is -0.436. The van der Waals surface area contributed by atoms with Gasteiger partial charge in [-0.2, -0.15) is 0 Å². The van der Waals surface area contributed by atoms with E-state index in [9.17, 15) is 9.59 Å². The van der Waals surface area contributed by atoms with Crippen LogP contribution in [-0.4, -0.2) is 24.0 Å². The molecule has 0 saturated carbocycles. The summed E-state index contributed by atoms with van der Waals surface area (Å²) in [5.74, 6) is 0.282. The van der Waals surface area contributed by atoms with Crippen molar-refractivity contribution in [3.63, 3.8) is 0 Å². The van der Waals surface area contributed by atoms with Crippen LogP contribution in [-0.2, 0) is 9.59 Å². The van der Waals surface area contributed by atoms with E-state index in [1.54, 1.807) is 23.1 Å². The molecule has 1 atom stereocenters. The second-order valence-electron chi connectivity index (χ2n) is 3.01. The average molecular weight is 239 g/mol. The highest BCUT2D eigenvalue weighted by atomic mass is 32.2. The number of carbonyl (C=O) groups excluding carboxylic acids is 2. The number of carbonyl (C=O) groups is 2. The van der Waals surface area contributed by atoms with Crippen molar-refractivity contribution in [3.8, 4) is 0 Å². The maximum atomic E-state index is 11.3. The zero-order chi connectivity index (χ0) is 10.7. The highest BCUT2D eigenvalue weighted by molar-refractivity contribution is 8.03. The first kappa shape index (κ1) is 10.6. The fourth-order valence-electron chi connectivity index (χ4n) is 1.34. The Morgan fingerprint density at radius 3 is 3.13 bits per heavy atom. The van der Waals surface area contributed by atoms with Gasteiger partial charge in [0, 0.05) is 15.7 Å². The Bertz CT molecular complexity index is 398. The number of thioether (sulfide) groups is 1. The van der Waals surface area contributed by atoms with Gasteiger partial charge in [-0.05, 0) is 17.5 Å². The van der Waals surface area contributed by atoms with Crippen LogP contribution in [0.2, 0.25) is 0 Å². The van der Waals surface area contributed by atoms with Gasteiger partial charge in [0.15, 0.2) is 6.29 Å². The third kappa shape index (κ3) is 2.37. The summed E-state index contributed by atoms with van der Waals surface area (Å²) < 4.78 is 0. The van der Waals surface area contributed by atoms with Crippen molar-refractivity contribution in [1.82, 2.24) is 5.32 Å². The lowest BCUT2D eigenvalue weighted by Gasteiger charge is -2.04. The maximum Gasteiger partial charge on any atom is 0.217 e. The fourth-order valence-corrected chi connectivity index (χ4v) is 3.07. The third-order valence-electron chi connectivity index (χ3n) is 2.04. The lowest BCUT2D eigenvalue weighted by atomic mass is 10.2. The molecule has 78 valence electrons. The van der Waals surface area contributed by atoms with Crippen molar-refractivity contribution in [2.24, 2.45) is 0 Å². The van der Waals surface area contributed by atoms with Crippen molar-refractivity contribution in [2.45, 2.75) is 6.04 Å². The van der Waals surface area contributed by atoms with Crippen LogP contribution < -0.4 is 5.32 Å². The van der Waals surface area contributed by atoms with Crippen molar-refractivity contribution >= 4 is 41.2 Å². The average Bonchev–Trinajstić information content (AvgIpc) is 2.88. The maximum absolute atomic E-state index is 11.3. The van der Waals surface area contributed by atoms with Crippen molar-refractivity contribution < 1.29 is 9.59 Å². The third-order valence-corrected chi connectivity index (χ3v) is 3.86. The predicted molar refractivity (Wildman–Crippen MR) is 62.7 cm³/mol. The van der Waals surface area contributed by atoms with E-state index < -0.39 is 11.8 Å². The van der Waals surface area contributed by atoms with Crippen LogP contribution in [0.3, 0.4) is 0 Å². The number of rotatable bonds is 3. The molecule has 2 heterocycles. The molecule has 1 saturated heterocycles. The van der Waals surface area contributed by atoms with Gasteiger partial charge in [0.1, 0.15) is 6.04 Å². The summed E-state index contributed by atoms with van der Waals surface area (Å²) in [6.07, 6.45) is 2.34. The molecule has 1 aliphatic rings. The van der Waals surface area contributed by atoms with E-state index in [2.05, 4.69) is 5.32 Å². The first-order valence-electron chi connectivity index (χ1n) is 4.41. The first-order chi connectivity index (χ1) is 7.31. The second-order valence-corrected chi connectivity index (χ2v) is 5.04. The van der Waals surface area contributed by atoms with Gasteiger partial charge in [-0.15, -0.1) is 23.1 Å². The number of aldehydes is 1. The molecule has 5 heteroatoms. The fraction of sp³-hybridized carbons (Fsp3) is 0.200. The molecule has 1 unspecified atom stereocenters. The predicted octanol–water partition coefficient (Wildman–Crippen LogP) is 1.52. The first-order valence-corrected chi connectivity index (χ1v) is 6.28. The van der Waals surface area contributed by atoms with Crippen molar-refractivity contribution in [2.75, 3.05) is 5.88 Å². The molecule has 0 aliphatic carbocycles. The molecule has 1 aromatic rings. The monoisotopic (exact) mass is 239 g/mol. The molecule has 15 heavy (non-hydrogen) atoms. The Morgan fingerprint density at radius 1 is 1.60 bits per heavy atom. The number of nitrogens with one attached hydrogen (secondary N) is 1. The number of Topliss-reactive ketones (excluding diaryl/α,β-unsaturated/α-hetero) is 1. The summed E-state index contributed by atoms with van der Waals surface area (Å²) in [5, 5.41) is 4.97. The molecular weight excluding hydrogens is 230 g/mol. The molecule has 0 amide bonds. The van der Waals surface area contributed by atoms with Crippen molar-refractivity contribution in [1.29, 1.82) is 0 Å². The number of hydrogen-bond acceptors (Lipinski definition) is 5. The quantitative estimate of drug-likeness (QED) is 0.641. The van der Waals surface area contributed by atoms with Gasteiger partial charge >= 0.3 is 0 Å². The summed E-state index contributed by atoms with van der Waals surface area (Å²) in [4.78, 5) is 23.7. The Labute approximate surface area is 95.6 Å². The Hall–Kier alpha value is -0.910. The minimum absolute atomic E-state index is 0.381. The highest BCUT2D eigenvalue weighted by Gasteiger charge is 2.27. The Balaban J connectivity index is 2.21. The van der Waals surface area contributed by atoms with Crippen LogP contribution in [0.15, 0.2) is 22.4 Å². The standard InChI is InChI=1S/C10H9NO2S2/c12-5-8(13)10-9(15-6-11-10)4-7-2-1-3-14-7/h1-5,10-11H,6H2. The molecule has 1 fully saturated rings. The van der Waals surface area contributed by atoms with Crippen LogP contribution in [0.25, 0.3) is 6.08 Å². The van der Waals surface area contributed by atoms with Crippen LogP contribution in [0, 0.1) is 0 Å². The zero-order valence-corrected chi connectivity index (χ0v) is 9.44. The molecule has 2 rings (SSSR count). The molecule has 0 radical (unpaired) electrons. The van der Waals surface area contributed by atoms with Crippen LogP contribution in [0.1, 0.15) is 4.88 Å². The molecule has 1 N–H and O–H groups in total. The molecule has 1 aliphatic heterocycles. The van der Waals surface area contributed by atoms with E-state index in [-0.39, 0.29) is 0 Å². The van der Waals surface area contributed by atoms with Gasteiger partial charge in [0.05, 0.1) is 0 Å². The second kappa shape index (κ2) is 4.74. The molecular formula is C10H9NO2S2. The lowest BCUT2D eigenvalue weighted by molar-refractivity contribution is -0.130. The molecule has 3 nitrogen and oxygen atoms in total. The van der Waals surface area contributed by atoms with E-state index in [0.29, 0.717) is 12.2 Å². The minimum Gasteiger partial charge on any atom is -0.295 e. The van der Waals surface area contributed by atoms with Gasteiger partial charge in [0.25, 0.3) is 0 Å². The van der Waals surface area contributed by atoms with Gasteiger partial charge in [-0.1, -0.05) is 6.07 Å². The van der Waals surface area contributed by atoms with Crippen molar-refractivity contribution in [3.05, 3.63) is 27.3 Å². The molecule has 1 aromatic heterocycles. The topological polar surface area (TPSA) is 46.2 Å². The molecule has 0 aromatic carbocycles. The summed E-state index contributed by atoms with van der Waals surface area (Å²) in [6, 6.07) is 3.51. The van der Waals surface area contributed by atoms with E-state index >= 15 is 0 Å². The van der Waals surface area contributed by atoms with Crippen LogP contribution in [0.5, 0.6) is 0 Å². The lowest BCUT2D eigenvalue weighted by Crippen LogP contribution is -2.32. The highest BCUT2D eigenvalue weighted by Crippen LogP contribution is 2.29. The van der Waals surface area contributed by atoms with Gasteiger partial charge < -0.3 is 0 Å².